The summed E-state index contributed by atoms with van der Waals surface area (Å²) in [6.45, 7) is 1.45. The van der Waals surface area contributed by atoms with E-state index < -0.39 is 5.60 Å². The van der Waals surface area contributed by atoms with Gasteiger partial charge in [-0.2, -0.15) is 0 Å². The Bertz CT molecular complexity index is 588. The van der Waals surface area contributed by atoms with E-state index in [2.05, 4.69) is 5.32 Å². The summed E-state index contributed by atoms with van der Waals surface area (Å²) in [4.78, 5) is 14.2. The van der Waals surface area contributed by atoms with Gasteiger partial charge in [-0.3, -0.25) is 0 Å². The third kappa shape index (κ3) is 3.85. The second-order valence-electron chi connectivity index (χ2n) is 7.17. The number of urea groups is 1. The summed E-state index contributed by atoms with van der Waals surface area (Å²) in [6, 6.07) is 7.77. The van der Waals surface area contributed by atoms with E-state index in [9.17, 15) is 15.0 Å². The number of carbonyl (C=O) groups is 1. The van der Waals surface area contributed by atoms with E-state index in [4.69, 9.17) is 11.6 Å². The first-order chi connectivity index (χ1) is 11.5. The van der Waals surface area contributed by atoms with Crippen LogP contribution < -0.4 is 5.32 Å². The standard InChI is InChI=1S/C18H25ClN2O3/c19-15-4-2-14(3-5-15)17(7-8-17)12-20-16(23)21-10-1-6-18(24,13-22)9-11-21/h2-5,22,24H,1,6-13H2,(H,20,23). The number of hydrogen-bond donors (Lipinski definition) is 3. The number of carbonyl (C=O) groups excluding carboxylic acids is 1. The fourth-order valence-electron chi connectivity index (χ4n) is 3.42. The van der Waals surface area contributed by atoms with E-state index >= 15 is 0 Å². The summed E-state index contributed by atoms with van der Waals surface area (Å²) >= 11 is 5.95. The van der Waals surface area contributed by atoms with Gasteiger partial charge in [0.15, 0.2) is 0 Å². The van der Waals surface area contributed by atoms with Crippen LogP contribution in [-0.4, -0.2) is 53.0 Å². The zero-order chi connectivity index (χ0) is 17.2. The molecule has 3 N–H and O–H groups in total. The molecule has 0 aromatic heterocycles. The number of aliphatic hydroxyl groups is 2. The van der Waals surface area contributed by atoms with Crippen LogP contribution in [0, 0.1) is 0 Å². The van der Waals surface area contributed by atoms with Gasteiger partial charge in [0, 0.05) is 30.1 Å². The minimum atomic E-state index is -1.05. The van der Waals surface area contributed by atoms with Gasteiger partial charge in [0.05, 0.1) is 12.2 Å². The molecule has 6 heteroatoms. The van der Waals surface area contributed by atoms with Gasteiger partial charge in [-0.15, -0.1) is 0 Å². The summed E-state index contributed by atoms with van der Waals surface area (Å²) in [5, 5.41) is 23.2. The van der Waals surface area contributed by atoms with Crippen molar-refractivity contribution >= 4 is 17.6 Å². The molecule has 1 aliphatic carbocycles. The zero-order valence-corrected chi connectivity index (χ0v) is 14.6. The number of aliphatic hydroxyl groups excluding tert-OH is 1. The van der Waals surface area contributed by atoms with E-state index in [1.807, 2.05) is 24.3 Å². The molecule has 0 radical (unpaired) electrons. The van der Waals surface area contributed by atoms with E-state index in [0.29, 0.717) is 38.9 Å². The molecular formula is C18H25ClN2O3. The summed E-state index contributed by atoms with van der Waals surface area (Å²) in [7, 11) is 0. The van der Waals surface area contributed by atoms with E-state index in [1.165, 1.54) is 5.56 Å². The number of benzene rings is 1. The molecule has 2 aliphatic rings. The van der Waals surface area contributed by atoms with Gasteiger partial charge in [-0.25, -0.2) is 4.79 Å². The molecule has 3 rings (SSSR count). The number of halogens is 1. The Kier molecular flexibility index (Phi) is 5.04. The lowest BCUT2D eigenvalue weighted by molar-refractivity contribution is -0.0248. The Morgan fingerprint density at radius 3 is 2.50 bits per heavy atom. The van der Waals surface area contributed by atoms with Crippen molar-refractivity contribution in [3.05, 3.63) is 34.9 Å². The molecule has 5 nitrogen and oxygen atoms in total. The first kappa shape index (κ1) is 17.5. The van der Waals surface area contributed by atoms with Crippen molar-refractivity contribution in [2.24, 2.45) is 0 Å². The molecule has 1 saturated heterocycles. The number of amides is 2. The number of hydrogen-bond acceptors (Lipinski definition) is 3. The highest BCUT2D eigenvalue weighted by Crippen LogP contribution is 2.47. The maximum atomic E-state index is 12.5. The van der Waals surface area contributed by atoms with Crippen molar-refractivity contribution < 1.29 is 15.0 Å². The highest BCUT2D eigenvalue weighted by Gasteiger charge is 2.44. The van der Waals surface area contributed by atoms with E-state index in [-0.39, 0.29) is 18.1 Å². The van der Waals surface area contributed by atoms with Crippen molar-refractivity contribution in [1.82, 2.24) is 10.2 Å². The Hall–Kier alpha value is -1.30. The summed E-state index contributed by atoms with van der Waals surface area (Å²) < 4.78 is 0. The third-order valence-corrected chi connectivity index (χ3v) is 5.64. The predicted molar refractivity (Wildman–Crippen MR) is 93.2 cm³/mol. The fourth-order valence-corrected chi connectivity index (χ4v) is 3.54. The van der Waals surface area contributed by atoms with Gasteiger partial charge < -0.3 is 20.4 Å². The lowest BCUT2D eigenvalue weighted by Gasteiger charge is -2.25. The number of nitrogens with one attached hydrogen (secondary N) is 1. The Labute approximate surface area is 147 Å². The number of nitrogens with zero attached hydrogens (tertiary/aromatic N) is 1. The Morgan fingerprint density at radius 1 is 1.17 bits per heavy atom. The van der Waals surface area contributed by atoms with Crippen molar-refractivity contribution in [3.63, 3.8) is 0 Å². The molecule has 24 heavy (non-hydrogen) atoms. The highest BCUT2D eigenvalue weighted by atomic mass is 35.5. The van der Waals surface area contributed by atoms with Gasteiger partial charge in [-0.1, -0.05) is 23.7 Å². The molecule has 0 spiro atoms. The molecule has 1 atom stereocenters. The van der Waals surface area contributed by atoms with Crippen molar-refractivity contribution in [2.75, 3.05) is 26.2 Å². The van der Waals surface area contributed by atoms with E-state index in [1.54, 1.807) is 4.90 Å². The maximum absolute atomic E-state index is 12.5. The summed E-state index contributed by atoms with van der Waals surface area (Å²) in [6.07, 6.45) is 3.78. The molecule has 1 unspecified atom stereocenters. The SMILES string of the molecule is O=C(NCC1(c2ccc(Cl)cc2)CC1)N1CCCC(O)(CO)CC1. The van der Waals surface area contributed by atoms with Gasteiger partial charge in [0.25, 0.3) is 0 Å². The lowest BCUT2D eigenvalue weighted by Crippen LogP contribution is -2.44. The number of likely N-dealkylation sites (tertiary alicyclic amines) is 1. The minimum Gasteiger partial charge on any atom is -0.393 e. The van der Waals surface area contributed by atoms with Crippen LogP contribution in [0.2, 0.25) is 5.02 Å². The molecule has 132 valence electrons. The summed E-state index contributed by atoms with van der Waals surface area (Å²) in [5.74, 6) is 0. The third-order valence-electron chi connectivity index (χ3n) is 5.39. The van der Waals surface area contributed by atoms with Crippen molar-refractivity contribution in [3.8, 4) is 0 Å². The van der Waals surface area contributed by atoms with Crippen LogP contribution in [0.15, 0.2) is 24.3 Å². The second-order valence-corrected chi connectivity index (χ2v) is 7.61. The van der Waals surface area contributed by atoms with Gasteiger partial charge in [-0.05, 0) is 49.8 Å². The van der Waals surface area contributed by atoms with Crippen molar-refractivity contribution in [1.29, 1.82) is 0 Å². The largest absolute Gasteiger partial charge is 0.393 e. The molecule has 0 bridgehead atoms. The topological polar surface area (TPSA) is 72.8 Å². The monoisotopic (exact) mass is 352 g/mol. The fraction of sp³-hybridized carbons (Fsp3) is 0.611. The molecule has 1 saturated carbocycles. The molecule has 2 amide bonds. The second kappa shape index (κ2) is 6.90. The molecule has 2 fully saturated rings. The van der Waals surface area contributed by atoms with Crippen LogP contribution in [0.4, 0.5) is 4.79 Å². The van der Waals surface area contributed by atoms with Crippen LogP contribution >= 0.6 is 11.6 Å². The van der Waals surface area contributed by atoms with Gasteiger partial charge >= 0.3 is 6.03 Å². The Balaban J connectivity index is 1.55. The average Bonchev–Trinajstić information content (AvgIpc) is 3.39. The molecule has 1 heterocycles. The van der Waals surface area contributed by atoms with E-state index in [0.717, 1.165) is 17.9 Å². The molecule has 1 aromatic carbocycles. The van der Waals surface area contributed by atoms with Gasteiger partial charge in [0.1, 0.15) is 0 Å². The van der Waals surface area contributed by atoms with Crippen LogP contribution in [0.25, 0.3) is 0 Å². The molecule has 1 aliphatic heterocycles. The molecule has 1 aromatic rings. The molecular weight excluding hydrogens is 328 g/mol. The maximum Gasteiger partial charge on any atom is 0.317 e. The quantitative estimate of drug-likeness (QED) is 0.778. The normalized spacial score (nSPS) is 25.9. The minimum absolute atomic E-state index is 0.0396. The van der Waals surface area contributed by atoms with Crippen LogP contribution in [0.5, 0.6) is 0 Å². The van der Waals surface area contributed by atoms with Gasteiger partial charge in [0.2, 0.25) is 0 Å². The zero-order valence-electron chi connectivity index (χ0n) is 13.8. The number of rotatable bonds is 4. The first-order valence-electron chi connectivity index (χ1n) is 8.59. The first-order valence-corrected chi connectivity index (χ1v) is 8.96. The smallest absolute Gasteiger partial charge is 0.317 e. The lowest BCUT2D eigenvalue weighted by atomic mass is 9.96. The van der Waals surface area contributed by atoms with Crippen molar-refractivity contribution in [2.45, 2.75) is 43.1 Å². The highest BCUT2D eigenvalue weighted by molar-refractivity contribution is 6.30. The van der Waals surface area contributed by atoms with Crippen LogP contribution in [0.3, 0.4) is 0 Å². The Morgan fingerprint density at radius 2 is 1.88 bits per heavy atom. The predicted octanol–water partition coefficient (Wildman–Crippen LogP) is 2.29. The summed E-state index contributed by atoms with van der Waals surface area (Å²) in [5.41, 5.74) is 0.214. The average molecular weight is 353 g/mol. The van der Waals surface area contributed by atoms with Crippen LogP contribution in [-0.2, 0) is 5.41 Å². The van der Waals surface area contributed by atoms with Crippen LogP contribution in [0.1, 0.15) is 37.7 Å².